The summed E-state index contributed by atoms with van der Waals surface area (Å²) in [5, 5.41) is 5.48. The van der Waals surface area contributed by atoms with E-state index in [1.165, 1.54) is 16.3 Å². The average Bonchev–Trinajstić information content (AvgIpc) is 2.66. The summed E-state index contributed by atoms with van der Waals surface area (Å²) in [5.74, 6) is 0.0483. The molecule has 0 radical (unpaired) electrons. The van der Waals surface area contributed by atoms with Crippen LogP contribution >= 0.6 is 0 Å². The number of fused-ring (bicyclic) bond motifs is 1. The highest BCUT2D eigenvalue weighted by molar-refractivity contribution is 5.83. The first-order valence-corrected chi connectivity index (χ1v) is 8.63. The van der Waals surface area contributed by atoms with Crippen molar-refractivity contribution in [1.29, 1.82) is 0 Å². The van der Waals surface area contributed by atoms with Crippen molar-refractivity contribution in [1.82, 2.24) is 10.2 Å². The Morgan fingerprint density at radius 2 is 1.60 bits per heavy atom. The van der Waals surface area contributed by atoms with Crippen LogP contribution in [0.1, 0.15) is 18.1 Å². The van der Waals surface area contributed by atoms with Crippen LogP contribution in [-0.2, 0) is 17.9 Å². The monoisotopic (exact) mass is 332 g/mol. The van der Waals surface area contributed by atoms with Crippen molar-refractivity contribution in [3.63, 3.8) is 0 Å². The van der Waals surface area contributed by atoms with E-state index in [1.807, 2.05) is 50.4 Å². The third-order valence-corrected chi connectivity index (χ3v) is 4.60. The van der Waals surface area contributed by atoms with E-state index in [1.54, 1.807) is 0 Å². The van der Waals surface area contributed by atoms with Crippen molar-refractivity contribution in [2.75, 3.05) is 7.05 Å². The molecule has 0 aromatic heterocycles. The number of carbonyl (C=O) groups excluding carboxylic acids is 1. The van der Waals surface area contributed by atoms with Gasteiger partial charge in [0.1, 0.15) is 0 Å². The molecule has 3 nitrogen and oxygen atoms in total. The molecule has 25 heavy (non-hydrogen) atoms. The fraction of sp³-hybridized carbons (Fsp3) is 0.227. The number of benzene rings is 3. The zero-order valence-corrected chi connectivity index (χ0v) is 14.8. The Morgan fingerprint density at radius 1 is 0.920 bits per heavy atom. The van der Waals surface area contributed by atoms with E-state index >= 15 is 0 Å². The van der Waals surface area contributed by atoms with Gasteiger partial charge in [-0.15, -0.1) is 0 Å². The Morgan fingerprint density at radius 3 is 2.36 bits per heavy atom. The molecule has 0 aliphatic carbocycles. The normalized spacial score (nSPS) is 12.3. The maximum atomic E-state index is 12.4. The van der Waals surface area contributed by atoms with Crippen LogP contribution in [0.5, 0.6) is 0 Å². The lowest BCUT2D eigenvalue weighted by Gasteiger charge is -2.24. The molecule has 3 aromatic carbocycles. The minimum Gasteiger partial charge on any atom is -0.351 e. The van der Waals surface area contributed by atoms with Crippen LogP contribution in [-0.4, -0.2) is 23.9 Å². The molecule has 0 aliphatic heterocycles. The van der Waals surface area contributed by atoms with Crippen LogP contribution in [0.3, 0.4) is 0 Å². The number of likely N-dealkylation sites (N-methyl/N-ethyl adjacent to an activating group) is 1. The second kappa shape index (κ2) is 7.95. The van der Waals surface area contributed by atoms with Gasteiger partial charge in [0.25, 0.3) is 0 Å². The van der Waals surface area contributed by atoms with Gasteiger partial charge in [0.15, 0.2) is 0 Å². The number of hydrogen-bond acceptors (Lipinski definition) is 2. The minimum absolute atomic E-state index is 0.0483. The Balaban J connectivity index is 1.59. The van der Waals surface area contributed by atoms with Gasteiger partial charge in [0.2, 0.25) is 5.91 Å². The fourth-order valence-corrected chi connectivity index (χ4v) is 2.89. The first kappa shape index (κ1) is 17.2. The van der Waals surface area contributed by atoms with Gasteiger partial charge in [-0.05, 0) is 41.9 Å². The van der Waals surface area contributed by atoms with Gasteiger partial charge in [0.05, 0.1) is 6.04 Å². The van der Waals surface area contributed by atoms with Gasteiger partial charge in [-0.2, -0.15) is 0 Å². The summed E-state index contributed by atoms with van der Waals surface area (Å²) >= 11 is 0. The van der Waals surface area contributed by atoms with Gasteiger partial charge >= 0.3 is 0 Å². The van der Waals surface area contributed by atoms with Gasteiger partial charge < -0.3 is 5.32 Å². The molecule has 0 unspecified atom stereocenters. The summed E-state index contributed by atoms with van der Waals surface area (Å²) in [4.78, 5) is 14.5. The smallest absolute Gasteiger partial charge is 0.237 e. The fourth-order valence-electron chi connectivity index (χ4n) is 2.89. The highest BCUT2D eigenvalue weighted by Gasteiger charge is 2.17. The number of carbonyl (C=O) groups is 1. The molecule has 1 atom stereocenters. The topological polar surface area (TPSA) is 32.3 Å². The molecule has 0 saturated carbocycles. The minimum atomic E-state index is -0.185. The number of hydrogen-bond donors (Lipinski definition) is 1. The highest BCUT2D eigenvalue weighted by atomic mass is 16.2. The van der Waals surface area contributed by atoms with Gasteiger partial charge in [0, 0.05) is 13.1 Å². The van der Waals surface area contributed by atoms with E-state index in [9.17, 15) is 4.79 Å². The Bertz CT molecular complexity index is 845. The van der Waals surface area contributed by atoms with Crippen molar-refractivity contribution in [2.45, 2.75) is 26.1 Å². The highest BCUT2D eigenvalue weighted by Crippen LogP contribution is 2.17. The van der Waals surface area contributed by atoms with Crippen molar-refractivity contribution >= 4 is 16.7 Å². The average molecular weight is 332 g/mol. The molecule has 1 amide bonds. The Hall–Kier alpha value is -2.65. The molecule has 3 aromatic rings. The zero-order valence-electron chi connectivity index (χ0n) is 14.8. The van der Waals surface area contributed by atoms with E-state index in [4.69, 9.17) is 0 Å². The molecule has 0 saturated heterocycles. The van der Waals surface area contributed by atoms with E-state index in [0.29, 0.717) is 6.54 Å². The summed E-state index contributed by atoms with van der Waals surface area (Å²) in [6, 6.07) is 24.6. The molecule has 1 N–H and O–H groups in total. The summed E-state index contributed by atoms with van der Waals surface area (Å²) in [7, 11) is 1.99. The van der Waals surface area contributed by atoms with Crippen molar-refractivity contribution in [3.05, 3.63) is 83.9 Å². The molecule has 3 rings (SSSR count). The molecule has 3 heteroatoms. The summed E-state index contributed by atoms with van der Waals surface area (Å²) in [5.41, 5.74) is 2.32. The Labute approximate surface area is 149 Å². The third-order valence-electron chi connectivity index (χ3n) is 4.60. The van der Waals surface area contributed by atoms with Crippen LogP contribution in [0.2, 0.25) is 0 Å². The summed E-state index contributed by atoms with van der Waals surface area (Å²) in [6.07, 6.45) is 0. The Kier molecular flexibility index (Phi) is 5.46. The molecular weight excluding hydrogens is 308 g/mol. The SMILES string of the molecule is C[C@H](C(=O)NCc1ccccc1)N(C)Cc1ccc2ccccc2c1. The molecule has 128 valence electrons. The largest absolute Gasteiger partial charge is 0.351 e. The van der Waals surface area contributed by atoms with Crippen molar-refractivity contribution in [3.8, 4) is 0 Å². The van der Waals surface area contributed by atoms with E-state index in [0.717, 1.165) is 12.1 Å². The lowest BCUT2D eigenvalue weighted by molar-refractivity contribution is -0.125. The van der Waals surface area contributed by atoms with E-state index < -0.39 is 0 Å². The van der Waals surface area contributed by atoms with E-state index in [-0.39, 0.29) is 11.9 Å². The predicted octanol–water partition coefficient (Wildman–Crippen LogP) is 3.98. The maximum absolute atomic E-state index is 12.4. The summed E-state index contributed by atoms with van der Waals surface area (Å²) < 4.78 is 0. The van der Waals surface area contributed by atoms with Crippen LogP contribution in [0.4, 0.5) is 0 Å². The molecule has 0 bridgehead atoms. The van der Waals surface area contributed by atoms with Gasteiger partial charge in [-0.1, -0.05) is 66.7 Å². The third kappa shape index (κ3) is 4.46. The lowest BCUT2D eigenvalue weighted by atomic mass is 10.1. The van der Waals surface area contributed by atoms with Crippen molar-refractivity contribution in [2.24, 2.45) is 0 Å². The molecule has 0 aliphatic rings. The van der Waals surface area contributed by atoms with Crippen LogP contribution in [0.25, 0.3) is 10.8 Å². The van der Waals surface area contributed by atoms with Crippen LogP contribution < -0.4 is 5.32 Å². The summed E-state index contributed by atoms with van der Waals surface area (Å²) in [6.45, 7) is 3.25. The van der Waals surface area contributed by atoms with E-state index in [2.05, 4.69) is 46.6 Å². The quantitative estimate of drug-likeness (QED) is 0.740. The second-order valence-electron chi connectivity index (χ2n) is 6.48. The molecule has 0 spiro atoms. The molecular formula is C22H24N2O. The lowest BCUT2D eigenvalue weighted by Crippen LogP contribution is -2.42. The standard InChI is InChI=1S/C22H24N2O/c1-17(22(25)23-15-18-8-4-3-5-9-18)24(2)16-19-12-13-20-10-6-7-11-21(20)14-19/h3-14,17H,15-16H2,1-2H3,(H,23,25)/t17-/m1/s1. The first-order valence-electron chi connectivity index (χ1n) is 8.63. The second-order valence-corrected chi connectivity index (χ2v) is 6.48. The van der Waals surface area contributed by atoms with Crippen LogP contribution in [0, 0.1) is 0 Å². The molecule has 0 heterocycles. The van der Waals surface area contributed by atoms with Crippen LogP contribution in [0.15, 0.2) is 72.8 Å². The van der Waals surface area contributed by atoms with Gasteiger partial charge in [-0.25, -0.2) is 0 Å². The number of amides is 1. The number of nitrogens with zero attached hydrogens (tertiary/aromatic N) is 1. The number of nitrogens with one attached hydrogen (secondary N) is 1. The number of rotatable bonds is 6. The van der Waals surface area contributed by atoms with Crippen molar-refractivity contribution < 1.29 is 4.79 Å². The maximum Gasteiger partial charge on any atom is 0.237 e. The van der Waals surface area contributed by atoms with Gasteiger partial charge in [-0.3, -0.25) is 9.69 Å². The molecule has 0 fully saturated rings. The predicted molar refractivity (Wildman–Crippen MR) is 103 cm³/mol. The first-order chi connectivity index (χ1) is 12.1. The zero-order chi connectivity index (χ0) is 17.6.